The summed E-state index contributed by atoms with van der Waals surface area (Å²) in [6.07, 6.45) is 4.99. The van der Waals surface area contributed by atoms with Crippen molar-refractivity contribution >= 4 is 35.9 Å². The summed E-state index contributed by atoms with van der Waals surface area (Å²) in [5, 5.41) is 3.35. The molecule has 1 heterocycles. The van der Waals surface area contributed by atoms with E-state index in [1.54, 1.807) is 7.11 Å². The molecule has 6 nitrogen and oxygen atoms in total. The normalized spacial score (nSPS) is 16.0. The van der Waals surface area contributed by atoms with E-state index in [-0.39, 0.29) is 35.9 Å². The standard InChI is InChI=1S/C16H31N3O3.HI/c1-4-17-16(18-10-6-5-7-13-21-2)19-11-8-14(9-12-19)15(20)22-3;/h14H,4-13H2,1-3H3,(H,17,18);1H. The summed E-state index contributed by atoms with van der Waals surface area (Å²) in [5.74, 6) is 0.926. The van der Waals surface area contributed by atoms with Gasteiger partial charge in [0.05, 0.1) is 13.0 Å². The first-order valence-electron chi connectivity index (χ1n) is 8.33. The van der Waals surface area contributed by atoms with Crippen molar-refractivity contribution in [2.45, 2.75) is 39.0 Å². The van der Waals surface area contributed by atoms with Gasteiger partial charge in [-0.05, 0) is 39.0 Å². The monoisotopic (exact) mass is 441 g/mol. The van der Waals surface area contributed by atoms with Crippen LogP contribution in [0.2, 0.25) is 0 Å². The quantitative estimate of drug-likeness (QED) is 0.206. The third kappa shape index (κ3) is 8.74. The van der Waals surface area contributed by atoms with Crippen LogP contribution < -0.4 is 5.32 Å². The van der Waals surface area contributed by atoms with E-state index < -0.39 is 0 Å². The Bertz CT molecular complexity index is 345. The van der Waals surface area contributed by atoms with Crippen molar-refractivity contribution in [3.63, 3.8) is 0 Å². The SMILES string of the molecule is CCNC(=NCCCCCOC)N1CCC(C(=O)OC)CC1.I. The van der Waals surface area contributed by atoms with Gasteiger partial charge in [-0.3, -0.25) is 9.79 Å². The zero-order chi connectivity index (χ0) is 16.2. The average Bonchev–Trinajstić information content (AvgIpc) is 2.56. The molecule has 0 aromatic rings. The van der Waals surface area contributed by atoms with Gasteiger partial charge in [0.25, 0.3) is 0 Å². The number of guanidine groups is 1. The van der Waals surface area contributed by atoms with Crippen molar-refractivity contribution in [2.75, 3.05) is 47.0 Å². The first kappa shape index (κ1) is 22.4. The van der Waals surface area contributed by atoms with Crippen molar-refractivity contribution in [2.24, 2.45) is 10.9 Å². The maximum Gasteiger partial charge on any atom is 0.308 e. The van der Waals surface area contributed by atoms with E-state index in [0.29, 0.717) is 0 Å². The number of rotatable bonds is 8. The van der Waals surface area contributed by atoms with E-state index in [1.165, 1.54) is 7.11 Å². The predicted octanol–water partition coefficient (Wildman–Crippen LogP) is 2.27. The van der Waals surface area contributed by atoms with Gasteiger partial charge in [-0.2, -0.15) is 0 Å². The van der Waals surface area contributed by atoms with Crippen molar-refractivity contribution in [3.8, 4) is 0 Å². The van der Waals surface area contributed by atoms with Crippen molar-refractivity contribution in [1.29, 1.82) is 0 Å². The number of halogens is 1. The Balaban J connectivity index is 0.00000484. The minimum Gasteiger partial charge on any atom is -0.469 e. The number of aliphatic imine (C=N–C) groups is 1. The highest BCUT2D eigenvalue weighted by Gasteiger charge is 2.26. The summed E-state index contributed by atoms with van der Waals surface area (Å²) in [4.78, 5) is 18.5. The molecule has 0 aromatic carbocycles. The number of ether oxygens (including phenoxy) is 2. The first-order chi connectivity index (χ1) is 10.7. The number of esters is 1. The zero-order valence-corrected chi connectivity index (χ0v) is 17.0. The summed E-state index contributed by atoms with van der Waals surface area (Å²) in [5.41, 5.74) is 0. The average molecular weight is 441 g/mol. The fourth-order valence-electron chi connectivity index (χ4n) is 2.64. The number of piperidine rings is 1. The molecule has 0 aromatic heterocycles. The fourth-order valence-corrected chi connectivity index (χ4v) is 2.64. The molecule has 1 N–H and O–H groups in total. The van der Waals surface area contributed by atoms with Crippen LogP contribution in [0.25, 0.3) is 0 Å². The van der Waals surface area contributed by atoms with Gasteiger partial charge in [0.15, 0.2) is 5.96 Å². The lowest BCUT2D eigenvalue weighted by atomic mass is 9.97. The maximum atomic E-state index is 11.6. The Morgan fingerprint density at radius 2 is 1.91 bits per heavy atom. The number of methoxy groups -OCH3 is 2. The maximum absolute atomic E-state index is 11.6. The van der Waals surface area contributed by atoms with Crippen molar-refractivity contribution in [3.05, 3.63) is 0 Å². The molecule has 0 radical (unpaired) electrons. The first-order valence-corrected chi connectivity index (χ1v) is 8.33. The third-order valence-electron chi connectivity index (χ3n) is 3.93. The third-order valence-corrected chi connectivity index (χ3v) is 3.93. The van der Waals surface area contributed by atoms with Gasteiger partial charge in [-0.25, -0.2) is 0 Å². The zero-order valence-electron chi connectivity index (χ0n) is 14.7. The molecule has 0 saturated carbocycles. The lowest BCUT2D eigenvalue weighted by molar-refractivity contribution is -0.146. The van der Waals surface area contributed by atoms with Crippen LogP contribution in [0.1, 0.15) is 39.0 Å². The lowest BCUT2D eigenvalue weighted by Gasteiger charge is -2.33. The number of hydrogen-bond donors (Lipinski definition) is 1. The number of unbranched alkanes of at least 4 members (excludes halogenated alkanes) is 2. The van der Waals surface area contributed by atoms with Crippen molar-refractivity contribution < 1.29 is 14.3 Å². The highest BCUT2D eigenvalue weighted by Crippen LogP contribution is 2.18. The molecule has 1 aliphatic rings. The second kappa shape index (κ2) is 13.8. The van der Waals surface area contributed by atoms with Crippen LogP contribution in [0.3, 0.4) is 0 Å². The minimum atomic E-state index is -0.0836. The van der Waals surface area contributed by atoms with E-state index in [4.69, 9.17) is 14.5 Å². The van der Waals surface area contributed by atoms with Crippen molar-refractivity contribution in [1.82, 2.24) is 10.2 Å². The molecule has 0 amide bonds. The van der Waals surface area contributed by atoms with Crippen LogP contribution >= 0.6 is 24.0 Å². The lowest BCUT2D eigenvalue weighted by Crippen LogP contribution is -2.46. The molecule has 0 bridgehead atoms. The number of hydrogen-bond acceptors (Lipinski definition) is 4. The van der Waals surface area contributed by atoms with E-state index in [2.05, 4.69) is 17.1 Å². The molecule has 0 atom stereocenters. The Hall–Kier alpha value is -0.570. The van der Waals surface area contributed by atoms with Gasteiger partial charge < -0.3 is 19.7 Å². The van der Waals surface area contributed by atoms with E-state index in [0.717, 1.165) is 70.8 Å². The molecule has 0 unspecified atom stereocenters. The largest absolute Gasteiger partial charge is 0.469 e. The van der Waals surface area contributed by atoms with Gasteiger partial charge in [0.2, 0.25) is 0 Å². The van der Waals surface area contributed by atoms with Gasteiger partial charge in [0, 0.05) is 39.9 Å². The highest BCUT2D eigenvalue weighted by atomic mass is 127. The smallest absolute Gasteiger partial charge is 0.308 e. The van der Waals surface area contributed by atoms with Gasteiger partial charge in [-0.1, -0.05) is 0 Å². The van der Waals surface area contributed by atoms with Crippen LogP contribution in [0.15, 0.2) is 4.99 Å². The van der Waals surface area contributed by atoms with Gasteiger partial charge in [-0.15, -0.1) is 24.0 Å². The number of carbonyl (C=O) groups is 1. The number of likely N-dealkylation sites (tertiary alicyclic amines) is 1. The van der Waals surface area contributed by atoms with Crippen LogP contribution in [-0.4, -0.2) is 63.8 Å². The molecular weight excluding hydrogens is 409 g/mol. The molecule has 1 fully saturated rings. The fraction of sp³-hybridized carbons (Fsp3) is 0.875. The van der Waals surface area contributed by atoms with Crippen LogP contribution in [0.4, 0.5) is 0 Å². The summed E-state index contributed by atoms with van der Waals surface area (Å²) in [6, 6.07) is 0. The van der Waals surface area contributed by atoms with Crippen LogP contribution in [0.5, 0.6) is 0 Å². The summed E-state index contributed by atoms with van der Waals surface area (Å²) >= 11 is 0. The minimum absolute atomic E-state index is 0. The summed E-state index contributed by atoms with van der Waals surface area (Å²) in [7, 11) is 3.20. The van der Waals surface area contributed by atoms with E-state index in [9.17, 15) is 4.79 Å². The molecular formula is C16H32IN3O3. The summed E-state index contributed by atoms with van der Waals surface area (Å²) in [6.45, 7) is 6.31. The number of nitrogens with zero attached hydrogens (tertiary/aromatic N) is 2. The summed E-state index contributed by atoms with van der Waals surface area (Å²) < 4.78 is 9.88. The Kier molecular flexibility index (Phi) is 13.5. The van der Waals surface area contributed by atoms with Crippen LogP contribution in [0, 0.1) is 5.92 Å². The topological polar surface area (TPSA) is 63.2 Å². The molecule has 1 aliphatic heterocycles. The molecule has 1 rings (SSSR count). The second-order valence-corrected chi connectivity index (χ2v) is 5.57. The Labute approximate surface area is 157 Å². The van der Waals surface area contributed by atoms with E-state index in [1.807, 2.05) is 0 Å². The Morgan fingerprint density at radius 1 is 1.22 bits per heavy atom. The molecule has 7 heteroatoms. The molecule has 136 valence electrons. The Morgan fingerprint density at radius 3 is 2.48 bits per heavy atom. The molecule has 0 aliphatic carbocycles. The number of carbonyl (C=O) groups excluding carboxylic acids is 1. The molecule has 0 spiro atoms. The van der Waals surface area contributed by atoms with Gasteiger partial charge in [0.1, 0.15) is 0 Å². The van der Waals surface area contributed by atoms with Crippen LogP contribution in [-0.2, 0) is 14.3 Å². The van der Waals surface area contributed by atoms with Gasteiger partial charge >= 0.3 is 5.97 Å². The van der Waals surface area contributed by atoms with E-state index >= 15 is 0 Å². The number of nitrogens with one attached hydrogen (secondary N) is 1. The second-order valence-electron chi connectivity index (χ2n) is 5.57. The molecule has 23 heavy (non-hydrogen) atoms. The highest BCUT2D eigenvalue weighted by molar-refractivity contribution is 14.0. The predicted molar refractivity (Wildman–Crippen MR) is 103 cm³/mol. The molecule has 1 saturated heterocycles.